The van der Waals surface area contributed by atoms with E-state index in [0.717, 1.165) is 0 Å². The highest BCUT2D eigenvalue weighted by Gasteiger charge is 2.32. The van der Waals surface area contributed by atoms with Crippen molar-refractivity contribution >= 4 is 0 Å². The van der Waals surface area contributed by atoms with Crippen LogP contribution in [0.25, 0.3) is 0 Å². The van der Waals surface area contributed by atoms with E-state index in [4.69, 9.17) is 0 Å². The second kappa shape index (κ2) is 4.76. The lowest BCUT2D eigenvalue weighted by Crippen LogP contribution is -3.00. The Morgan fingerprint density at radius 2 is 1.38 bits per heavy atom. The zero-order valence-electron chi connectivity index (χ0n) is 8.64. The van der Waals surface area contributed by atoms with Crippen molar-refractivity contribution in [2.24, 2.45) is 0 Å². The third kappa shape index (κ3) is 2.67. The van der Waals surface area contributed by atoms with Crippen molar-refractivity contribution in [2.75, 3.05) is 46.3 Å². The van der Waals surface area contributed by atoms with Crippen LogP contribution in [0.4, 0.5) is 0 Å². The van der Waals surface area contributed by atoms with Crippen LogP contribution in [0.1, 0.15) is 19.3 Å². The number of halogens is 1. The van der Waals surface area contributed by atoms with E-state index in [-0.39, 0.29) is 17.0 Å². The molecule has 2 heterocycles. The lowest BCUT2D eigenvalue weighted by molar-refractivity contribution is -0.936. The van der Waals surface area contributed by atoms with Gasteiger partial charge in [0.15, 0.2) is 0 Å². The van der Waals surface area contributed by atoms with Gasteiger partial charge in [0.25, 0.3) is 0 Å². The van der Waals surface area contributed by atoms with E-state index in [1.807, 2.05) is 0 Å². The number of rotatable bonds is 0. The van der Waals surface area contributed by atoms with Crippen molar-refractivity contribution in [2.45, 2.75) is 19.3 Å². The Hall–Kier alpha value is 0.400. The van der Waals surface area contributed by atoms with Crippen molar-refractivity contribution < 1.29 is 21.5 Å². The van der Waals surface area contributed by atoms with E-state index in [1.165, 1.54) is 63.0 Å². The van der Waals surface area contributed by atoms with Gasteiger partial charge in [-0.05, 0) is 26.3 Å². The molecule has 0 radical (unpaired) electrons. The van der Waals surface area contributed by atoms with Gasteiger partial charge in [-0.25, -0.2) is 0 Å². The molecule has 0 aromatic rings. The first kappa shape index (κ1) is 11.5. The van der Waals surface area contributed by atoms with E-state index < -0.39 is 0 Å². The molecule has 0 aliphatic carbocycles. The van der Waals surface area contributed by atoms with E-state index in [9.17, 15) is 0 Å². The minimum atomic E-state index is 0. The molecule has 2 aliphatic rings. The lowest BCUT2D eigenvalue weighted by atomic mass is 10.1. The summed E-state index contributed by atoms with van der Waals surface area (Å²) < 4.78 is 1.45. The SMILES string of the molecule is CN1CC[N+]2(CCCCC2)CC1.[Br-]. The molecular weight excluding hydrogens is 228 g/mol. The summed E-state index contributed by atoms with van der Waals surface area (Å²) in [7, 11) is 2.25. The first-order valence-electron chi connectivity index (χ1n) is 5.34. The van der Waals surface area contributed by atoms with Crippen molar-refractivity contribution in [3.05, 3.63) is 0 Å². The number of hydrogen-bond acceptors (Lipinski definition) is 1. The molecule has 2 saturated heterocycles. The van der Waals surface area contributed by atoms with E-state index in [2.05, 4.69) is 11.9 Å². The summed E-state index contributed by atoms with van der Waals surface area (Å²) in [5.41, 5.74) is 0. The van der Waals surface area contributed by atoms with E-state index in [1.54, 1.807) is 0 Å². The van der Waals surface area contributed by atoms with Crippen LogP contribution in [-0.2, 0) is 0 Å². The Balaban J connectivity index is 0.000000845. The zero-order valence-corrected chi connectivity index (χ0v) is 10.2. The fourth-order valence-electron chi connectivity index (χ4n) is 2.62. The molecule has 0 amide bonds. The Labute approximate surface area is 92.3 Å². The van der Waals surface area contributed by atoms with Crippen LogP contribution in [0.15, 0.2) is 0 Å². The molecule has 2 fully saturated rings. The maximum absolute atomic E-state index is 2.47. The summed E-state index contributed by atoms with van der Waals surface area (Å²) in [5, 5.41) is 0. The molecule has 0 aromatic carbocycles. The molecule has 1 spiro atoms. The minimum absolute atomic E-state index is 0. The molecular formula is C10H21BrN2. The number of hydrogen-bond donors (Lipinski definition) is 0. The molecule has 78 valence electrons. The van der Waals surface area contributed by atoms with Crippen LogP contribution in [-0.4, -0.2) is 55.7 Å². The highest BCUT2D eigenvalue weighted by atomic mass is 79.9. The molecule has 2 aliphatic heterocycles. The lowest BCUT2D eigenvalue weighted by Gasteiger charge is -2.46. The Bertz CT molecular complexity index is 145. The summed E-state index contributed by atoms with van der Waals surface area (Å²) in [6, 6.07) is 0. The molecule has 0 N–H and O–H groups in total. The number of piperazine rings is 1. The van der Waals surface area contributed by atoms with Crippen LogP contribution in [0.3, 0.4) is 0 Å². The smallest absolute Gasteiger partial charge is 0.0916 e. The average molecular weight is 249 g/mol. The first-order chi connectivity index (χ1) is 5.81. The Morgan fingerprint density at radius 3 is 1.92 bits per heavy atom. The van der Waals surface area contributed by atoms with Gasteiger partial charge in [-0.1, -0.05) is 0 Å². The molecule has 13 heavy (non-hydrogen) atoms. The van der Waals surface area contributed by atoms with Crippen LogP contribution in [0.5, 0.6) is 0 Å². The predicted octanol–water partition coefficient (Wildman–Crippen LogP) is -2.06. The molecule has 0 bridgehead atoms. The van der Waals surface area contributed by atoms with Gasteiger partial charge in [0, 0.05) is 13.1 Å². The maximum atomic E-state index is 2.47. The standard InChI is InChI=1S/C10H21N2.BrH/c1-11-5-9-12(10-6-11)7-3-2-4-8-12;/h2-10H2,1H3;1H/q+1;/p-1. The summed E-state index contributed by atoms with van der Waals surface area (Å²) >= 11 is 0. The molecule has 2 rings (SSSR count). The van der Waals surface area contributed by atoms with Crippen molar-refractivity contribution in [3.8, 4) is 0 Å². The maximum Gasteiger partial charge on any atom is 0.0916 e. The molecule has 0 atom stereocenters. The average Bonchev–Trinajstić information content (AvgIpc) is 2.13. The number of quaternary nitrogens is 1. The topological polar surface area (TPSA) is 3.24 Å². The molecule has 0 saturated carbocycles. The van der Waals surface area contributed by atoms with Gasteiger partial charge in [0.1, 0.15) is 0 Å². The third-order valence-corrected chi connectivity index (χ3v) is 3.68. The highest BCUT2D eigenvalue weighted by molar-refractivity contribution is 4.63. The third-order valence-electron chi connectivity index (χ3n) is 3.68. The van der Waals surface area contributed by atoms with Crippen LogP contribution < -0.4 is 17.0 Å². The van der Waals surface area contributed by atoms with E-state index in [0.29, 0.717) is 0 Å². The molecule has 0 aromatic heterocycles. The van der Waals surface area contributed by atoms with Gasteiger partial charge in [-0.15, -0.1) is 0 Å². The summed E-state index contributed by atoms with van der Waals surface area (Å²) in [6.07, 6.45) is 4.43. The van der Waals surface area contributed by atoms with Gasteiger partial charge in [0.2, 0.25) is 0 Å². The quantitative estimate of drug-likeness (QED) is 0.446. The van der Waals surface area contributed by atoms with Gasteiger partial charge in [-0.2, -0.15) is 0 Å². The summed E-state index contributed by atoms with van der Waals surface area (Å²) in [5.74, 6) is 0. The number of nitrogens with zero attached hydrogens (tertiary/aromatic N) is 2. The fraction of sp³-hybridized carbons (Fsp3) is 1.00. The van der Waals surface area contributed by atoms with Crippen molar-refractivity contribution in [1.29, 1.82) is 0 Å². The number of likely N-dealkylation sites (N-methyl/N-ethyl adjacent to an activating group) is 1. The Kier molecular flexibility index (Phi) is 4.20. The van der Waals surface area contributed by atoms with Gasteiger partial charge in [-0.3, -0.25) is 4.90 Å². The summed E-state index contributed by atoms with van der Waals surface area (Å²) in [4.78, 5) is 2.47. The molecule has 0 unspecified atom stereocenters. The zero-order chi connectivity index (χ0) is 8.44. The minimum Gasteiger partial charge on any atom is -1.00 e. The first-order valence-corrected chi connectivity index (χ1v) is 5.34. The predicted molar refractivity (Wildman–Crippen MR) is 51.1 cm³/mol. The monoisotopic (exact) mass is 248 g/mol. The molecule has 3 heteroatoms. The highest BCUT2D eigenvalue weighted by Crippen LogP contribution is 2.20. The number of piperidine rings is 1. The van der Waals surface area contributed by atoms with Crippen LogP contribution >= 0.6 is 0 Å². The Morgan fingerprint density at radius 1 is 0.846 bits per heavy atom. The normalized spacial score (nSPS) is 28.4. The summed E-state index contributed by atoms with van der Waals surface area (Å²) in [6.45, 7) is 8.40. The van der Waals surface area contributed by atoms with Crippen molar-refractivity contribution in [3.63, 3.8) is 0 Å². The second-order valence-electron chi connectivity index (χ2n) is 4.60. The van der Waals surface area contributed by atoms with Gasteiger partial charge < -0.3 is 21.5 Å². The molecule has 2 nitrogen and oxygen atoms in total. The van der Waals surface area contributed by atoms with Gasteiger partial charge >= 0.3 is 0 Å². The van der Waals surface area contributed by atoms with Crippen molar-refractivity contribution in [1.82, 2.24) is 4.90 Å². The van der Waals surface area contributed by atoms with Crippen LogP contribution in [0.2, 0.25) is 0 Å². The van der Waals surface area contributed by atoms with E-state index >= 15 is 0 Å². The van der Waals surface area contributed by atoms with Crippen LogP contribution in [0, 0.1) is 0 Å². The van der Waals surface area contributed by atoms with Gasteiger partial charge in [0.05, 0.1) is 26.2 Å². The largest absolute Gasteiger partial charge is 1.00 e. The second-order valence-corrected chi connectivity index (χ2v) is 4.60. The fourth-order valence-corrected chi connectivity index (χ4v) is 2.62.